The summed E-state index contributed by atoms with van der Waals surface area (Å²) < 4.78 is 7.10. The van der Waals surface area contributed by atoms with Crippen LogP contribution in [0.2, 0.25) is 0 Å². The van der Waals surface area contributed by atoms with Gasteiger partial charge in [-0.2, -0.15) is 0 Å². The minimum atomic E-state index is 0.750. The SMILES string of the molecule is COc1ccc(Nc2cc(-c3ccccn3)n(-c3ccccc3)n2)cc1. The third-order valence-corrected chi connectivity index (χ3v) is 4.00. The summed E-state index contributed by atoms with van der Waals surface area (Å²) in [6.45, 7) is 0. The molecular formula is C21H18N4O. The van der Waals surface area contributed by atoms with E-state index in [1.54, 1.807) is 13.3 Å². The van der Waals surface area contributed by atoms with Gasteiger partial charge in [-0.3, -0.25) is 4.98 Å². The van der Waals surface area contributed by atoms with Gasteiger partial charge in [-0.25, -0.2) is 4.68 Å². The van der Waals surface area contributed by atoms with Crippen LogP contribution >= 0.6 is 0 Å². The Morgan fingerprint density at radius 2 is 1.65 bits per heavy atom. The van der Waals surface area contributed by atoms with Crippen LogP contribution in [0, 0.1) is 0 Å². The lowest BCUT2D eigenvalue weighted by molar-refractivity contribution is 0.415. The third kappa shape index (κ3) is 3.28. The Balaban J connectivity index is 1.73. The largest absolute Gasteiger partial charge is 0.497 e. The second-order valence-electron chi connectivity index (χ2n) is 5.73. The van der Waals surface area contributed by atoms with Gasteiger partial charge in [-0.1, -0.05) is 24.3 Å². The molecule has 4 aromatic rings. The van der Waals surface area contributed by atoms with Crippen molar-refractivity contribution in [2.24, 2.45) is 0 Å². The molecule has 0 bridgehead atoms. The number of nitrogens with one attached hydrogen (secondary N) is 1. The second-order valence-corrected chi connectivity index (χ2v) is 5.73. The minimum Gasteiger partial charge on any atom is -0.497 e. The van der Waals surface area contributed by atoms with Crippen molar-refractivity contribution >= 4 is 11.5 Å². The highest BCUT2D eigenvalue weighted by Crippen LogP contribution is 2.26. The summed E-state index contributed by atoms with van der Waals surface area (Å²) in [5.41, 5.74) is 3.71. The van der Waals surface area contributed by atoms with Crippen LogP contribution in [0.3, 0.4) is 0 Å². The van der Waals surface area contributed by atoms with E-state index in [9.17, 15) is 0 Å². The van der Waals surface area contributed by atoms with Crippen molar-refractivity contribution in [3.8, 4) is 22.8 Å². The number of para-hydroxylation sites is 1. The number of aromatic nitrogens is 3. The molecule has 0 spiro atoms. The lowest BCUT2D eigenvalue weighted by Crippen LogP contribution is -2.00. The van der Waals surface area contributed by atoms with E-state index in [1.807, 2.05) is 83.5 Å². The van der Waals surface area contributed by atoms with E-state index in [2.05, 4.69) is 10.3 Å². The average Bonchev–Trinajstić information content (AvgIpc) is 3.14. The molecule has 0 atom stereocenters. The zero-order valence-electron chi connectivity index (χ0n) is 14.3. The molecule has 5 nitrogen and oxygen atoms in total. The van der Waals surface area contributed by atoms with E-state index >= 15 is 0 Å². The average molecular weight is 342 g/mol. The van der Waals surface area contributed by atoms with Crippen molar-refractivity contribution in [2.45, 2.75) is 0 Å². The highest BCUT2D eigenvalue weighted by atomic mass is 16.5. The Morgan fingerprint density at radius 1 is 0.885 bits per heavy atom. The first-order valence-corrected chi connectivity index (χ1v) is 8.31. The molecule has 0 amide bonds. The first-order chi connectivity index (χ1) is 12.8. The number of anilines is 2. The quantitative estimate of drug-likeness (QED) is 0.572. The van der Waals surface area contributed by atoms with Crippen molar-refractivity contribution in [2.75, 3.05) is 12.4 Å². The van der Waals surface area contributed by atoms with Gasteiger partial charge >= 0.3 is 0 Å². The van der Waals surface area contributed by atoms with E-state index in [0.717, 1.165) is 34.3 Å². The van der Waals surface area contributed by atoms with Gasteiger partial charge in [0.25, 0.3) is 0 Å². The lowest BCUT2D eigenvalue weighted by atomic mass is 10.2. The molecule has 5 heteroatoms. The van der Waals surface area contributed by atoms with E-state index in [0.29, 0.717) is 0 Å². The van der Waals surface area contributed by atoms with Crippen LogP contribution in [0.1, 0.15) is 0 Å². The monoisotopic (exact) mass is 342 g/mol. The van der Waals surface area contributed by atoms with Gasteiger partial charge in [0.2, 0.25) is 0 Å². The molecular weight excluding hydrogens is 324 g/mol. The molecule has 0 fully saturated rings. The van der Waals surface area contributed by atoms with Gasteiger partial charge in [0.1, 0.15) is 5.75 Å². The van der Waals surface area contributed by atoms with E-state index in [4.69, 9.17) is 9.84 Å². The fraction of sp³-hybridized carbons (Fsp3) is 0.0476. The first-order valence-electron chi connectivity index (χ1n) is 8.31. The number of nitrogens with zero attached hydrogens (tertiary/aromatic N) is 3. The van der Waals surface area contributed by atoms with Gasteiger partial charge in [-0.15, -0.1) is 5.10 Å². The van der Waals surface area contributed by atoms with E-state index < -0.39 is 0 Å². The van der Waals surface area contributed by atoms with E-state index in [1.165, 1.54) is 0 Å². The molecule has 2 aromatic carbocycles. The Kier molecular flexibility index (Phi) is 4.35. The standard InChI is InChI=1S/C21H18N4O/c1-26-18-12-10-16(11-13-18)23-21-15-20(19-9-5-6-14-22-19)25(24-21)17-7-3-2-4-8-17/h2-15H,1H3,(H,23,24). The molecule has 2 aromatic heterocycles. The van der Waals surface area contributed by atoms with E-state index in [-0.39, 0.29) is 0 Å². The summed E-state index contributed by atoms with van der Waals surface area (Å²) in [4.78, 5) is 4.47. The van der Waals surface area contributed by atoms with Gasteiger partial charge in [0.05, 0.1) is 24.2 Å². The van der Waals surface area contributed by atoms with Crippen LogP contribution in [0.4, 0.5) is 11.5 Å². The van der Waals surface area contributed by atoms with Crippen LogP contribution in [0.25, 0.3) is 17.1 Å². The Labute approximate surface area is 151 Å². The van der Waals surface area contributed by atoms with Gasteiger partial charge in [0, 0.05) is 18.0 Å². The van der Waals surface area contributed by atoms with Crippen LogP contribution in [-0.4, -0.2) is 21.9 Å². The predicted octanol–water partition coefficient (Wildman–Crippen LogP) is 4.69. The first kappa shape index (κ1) is 15.9. The highest BCUT2D eigenvalue weighted by Gasteiger charge is 2.12. The molecule has 0 aliphatic carbocycles. The molecule has 0 aliphatic heterocycles. The smallest absolute Gasteiger partial charge is 0.153 e. The summed E-state index contributed by atoms with van der Waals surface area (Å²) >= 11 is 0. The number of benzene rings is 2. The van der Waals surface area contributed by atoms with Crippen molar-refractivity contribution in [1.29, 1.82) is 0 Å². The third-order valence-electron chi connectivity index (χ3n) is 4.00. The van der Waals surface area contributed by atoms with Crippen molar-refractivity contribution in [3.05, 3.63) is 85.1 Å². The molecule has 0 unspecified atom stereocenters. The second kappa shape index (κ2) is 7.11. The number of pyridine rings is 1. The van der Waals surface area contributed by atoms with Gasteiger partial charge in [-0.05, 0) is 48.5 Å². The van der Waals surface area contributed by atoms with Crippen LogP contribution in [0.15, 0.2) is 85.1 Å². The summed E-state index contributed by atoms with van der Waals surface area (Å²) in [7, 11) is 1.66. The number of hydrogen-bond donors (Lipinski definition) is 1. The molecule has 0 radical (unpaired) electrons. The summed E-state index contributed by atoms with van der Waals surface area (Å²) in [6.07, 6.45) is 1.79. The maximum absolute atomic E-state index is 5.20. The Hall–Kier alpha value is -3.60. The maximum atomic E-state index is 5.20. The van der Waals surface area contributed by atoms with Crippen LogP contribution < -0.4 is 10.1 Å². The molecule has 1 N–H and O–H groups in total. The van der Waals surface area contributed by atoms with Crippen LogP contribution in [-0.2, 0) is 0 Å². The van der Waals surface area contributed by atoms with Crippen molar-refractivity contribution < 1.29 is 4.74 Å². The van der Waals surface area contributed by atoms with Crippen molar-refractivity contribution in [1.82, 2.24) is 14.8 Å². The maximum Gasteiger partial charge on any atom is 0.153 e. The topological polar surface area (TPSA) is 52.0 Å². The minimum absolute atomic E-state index is 0.750. The molecule has 0 aliphatic rings. The van der Waals surface area contributed by atoms with Gasteiger partial charge in [0.15, 0.2) is 5.82 Å². The molecule has 0 saturated heterocycles. The fourth-order valence-corrected chi connectivity index (χ4v) is 2.73. The zero-order valence-corrected chi connectivity index (χ0v) is 14.3. The number of ether oxygens (including phenoxy) is 1. The molecule has 2 heterocycles. The zero-order chi connectivity index (χ0) is 17.8. The Morgan fingerprint density at radius 3 is 2.35 bits per heavy atom. The summed E-state index contributed by atoms with van der Waals surface area (Å²) in [6, 6.07) is 25.6. The highest BCUT2D eigenvalue weighted by molar-refractivity contribution is 5.66. The van der Waals surface area contributed by atoms with Crippen molar-refractivity contribution in [3.63, 3.8) is 0 Å². The lowest BCUT2D eigenvalue weighted by Gasteiger charge is -2.06. The number of hydrogen-bond acceptors (Lipinski definition) is 4. The molecule has 128 valence electrons. The number of rotatable bonds is 5. The molecule has 26 heavy (non-hydrogen) atoms. The summed E-state index contributed by atoms with van der Waals surface area (Å²) in [5, 5.41) is 8.07. The Bertz CT molecular complexity index is 923. The normalized spacial score (nSPS) is 10.5. The van der Waals surface area contributed by atoms with Gasteiger partial charge < -0.3 is 10.1 Å². The molecule has 0 saturated carbocycles. The predicted molar refractivity (Wildman–Crippen MR) is 103 cm³/mol. The summed E-state index contributed by atoms with van der Waals surface area (Å²) in [5.74, 6) is 1.57. The van der Waals surface area contributed by atoms with Crippen LogP contribution in [0.5, 0.6) is 5.75 Å². The fourth-order valence-electron chi connectivity index (χ4n) is 2.73. The molecule has 4 rings (SSSR count). The number of methoxy groups -OCH3 is 1.